The van der Waals surface area contributed by atoms with Crippen molar-refractivity contribution < 1.29 is 14.3 Å². The molecule has 150 valence electrons. The summed E-state index contributed by atoms with van der Waals surface area (Å²) >= 11 is 0. The van der Waals surface area contributed by atoms with Gasteiger partial charge in [0.2, 0.25) is 0 Å². The molecule has 1 unspecified atom stereocenters. The Labute approximate surface area is 171 Å². The standard InChI is InChI=1S/C23H25N3O3/c1-5-29-22-10-9-15(2)11-21(22)16(3)26-23(28)19(13-24)14-25-20-8-6-7-18(12-20)17(4)27/h6-12,14,16,25H,5H2,1-4H3,(H,26,28)/b19-14-. The maximum atomic E-state index is 12.6. The summed E-state index contributed by atoms with van der Waals surface area (Å²) in [6.07, 6.45) is 1.33. The van der Waals surface area contributed by atoms with Crippen LogP contribution in [0.2, 0.25) is 0 Å². The number of nitrogens with zero attached hydrogens (tertiary/aromatic N) is 1. The summed E-state index contributed by atoms with van der Waals surface area (Å²) in [5, 5.41) is 15.1. The Balaban J connectivity index is 2.15. The fourth-order valence-corrected chi connectivity index (χ4v) is 2.78. The molecule has 0 saturated carbocycles. The molecule has 2 aromatic rings. The number of ketones is 1. The molecule has 29 heavy (non-hydrogen) atoms. The summed E-state index contributed by atoms with van der Waals surface area (Å²) in [5.74, 6) is 0.139. The predicted octanol–water partition coefficient (Wildman–Crippen LogP) is 4.29. The van der Waals surface area contributed by atoms with Gasteiger partial charge in [-0.05, 0) is 45.9 Å². The van der Waals surface area contributed by atoms with Gasteiger partial charge >= 0.3 is 0 Å². The summed E-state index contributed by atoms with van der Waals surface area (Å²) in [6, 6.07) is 14.2. The lowest BCUT2D eigenvalue weighted by Crippen LogP contribution is -2.28. The molecule has 0 spiro atoms. The van der Waals surface area contributed by atoms with Gasteiger partial charge in [0, 0.05) is 23.0 Å². The van der Waals surface area contributed by atoms with Gasteiger partial charge in [0.05, 0.1) is 12.6 Å². The first-order valence-corrected chi connectivity index (χ1v) is 9.37. The number of hydrogen-bond donors (Lipinski definition) is 2. The van der Waals surface area contributed by atoms with Crippen LogP contribution in [0.1, 0.15) is 48.3 Å². The van der Waals surface area contributed by atoms with Crippen molar-refractivity contribution in [2.45, 2.75) is 33.7 Å². The van der Waals surface area contributed by atoms with Crippen LogP contribution in [0.15, 0.2) is 54.2 Å². The fraction of sp³-hybridized carbons (Fsp3) is 0.261. The Morgan fingerprint density at radius 1 is 1.24 bits per heavy atom. The van der Waals surface area contributed by atoms with Crippen LogP contribution >= 0.6 is 0 Å². The van der Waals surface area contributed by atoms with E-state index in [1.165, 1.54) is 13.1 Å². The summed E-state index contributed by atoms with van der Waals surface area (Å²) < 4.78 is 5.65. The minimum atomic E-state index is -0.501. The fourth-order valence-electron chi connectivity index (χ4n) is 2.78. The minimum Gasteiger partial charge on any atom is -0.494 e. The first kappa shape index (κ1) is 21.7. The van der Waals surface area contributed by atoms with Gasteiger partial charge in [0.15, 0.2) is 5.78 Å². The van der Waals surface area contributed by atoms with Crippen LogP contribution in [0.5, 0.6) is 5.75 Å². The zero-order chi connectivity index (χ0) is 21.4. The third-order valence-electron chi connectivity index (χ3n) is 4.30. The molecule has 0 aliphatic carbocycles. The van der Waals surface area contributed by atoms with Crippen LogP contribution in [0.4, 0.5) is 5.69 Å². The van der Waals surface area contributed by atoms with E-state index in [4.69, 9.17) is 4.74 Å². The van der Waals surface area contributed by atoms with E-state index < -0.39 is 5.91 Å². The van der Waals surface area contributed by atoms with E-state index in [-0.39, 0.29) is 17.4 Å². The molecule has 2 aromatic carbocycles. The van der Waals surface area contributed by atoms with Crippen molar-refractivity contribution in [3.8, 4) is 11.8 Å². The summed E-state index contributed by atoms with van der Waals surface area (Å²) in [5.41, 5.74) is 2.98. The van der Waals surface area contributed by atoms with Gasteiger partial charge in [0.25, 0.3) is 5.91 Å². The number of hydrogen-bond acceptors (Lipinski definition) is 5. The number of anilines is 1. The first-order valence-electron chi connectivity index (χ1n) is 9.37. The Kier molecular flexibility index (Phi) is 7.55. The maximum absolute atomic E-state index is 12.6. The predicted molar refractivity (Wildman–Crippen MR) is 113 cm³/mol. The smallest absolute Gasteiger partial charge is 0.263 e. The van der Waals surface area contributed by atoms with Crippen molar-refractivity contribution in [2.24, 2.45) is 0 Å². The molecule has 1 atom stereocenters. The van der Waals surface area contributed by atoms with Gasteiger partial charge in [-0.15, -0.1) is 0 Å². The van der Waals surface area contributed by atoms with E-state index in [1.807, 2.05) is 45.0 Å². The van der Waals surface area contributed by atoms with Crippen molar-refractivity contribution in [2.75, 3.05) is 11.9 Å². The molecule has 6 nitrogen and oxygen atoms in total. The molecule has 0 fully saturated rings. The highest BCUT2D eigenvalue weighted by atomic mass is 16.5. The molecular weight excluding hydrogens is 366 g/mol. The topological polar surface area (TPSA) is 91.2 Å². The van der Waals surface area contributed by atoms with Crippen LogP contribution in [0.3, 0.4) is 0 Å². The minimum absolute atomic E-state index is 0.0621. The zero-order valence-corrected chi connectivity index (χ0v) is 17.1. The second-order valence-corrected chi connectivity index (χ2v) is 6.62. The van der Waals surface area contributed by atoms with E-state index >= 15 is 0 Å². The zero-order valence-electron chi connectivity index (χ0n) is 17.1. The monoisotopic (exact) mass is 391 g/mol. The highest BCUT2D eigenvalue weighted by Gasteiger charge is 2.17. The molecule has 0 heterocycles. The van der Waals surface area contributed by atoms with E-state index in [0.29, 0.717) is 23.6 Å². The molecular formula is C23H25N3O3. The lowest BCUT2D eigenvalue weighted by Gasteiger charge is -2.18. The number of amides is 1. The van der Waals surface area contributed by atoms with Crippen molar-refractivity contribution in [3.63, 3.8) is 0 Å². The highest BCUT2D eigenvalue weighted by Crippen LogP contribution is 2.26. The van der Waals surface area contributed by atoms with Gasteiger partial charge < -0.3 is 15.4 Å². The second-order valence-electron chi connectivity index (χ2n) is 6.62. The molecule has 6 heteroatoms. The van der Waals surface area contributed by atoms with Gasteiger partial charge in [-0.25, -0.2) is 0 Å². The van der Waals surface area contributed by atoms with Crippen molar-refractivity contribution in [1.29, 1.82) is 5.26 Å². The summed E-state index contributed by atoms with van der Waals surface area (Å²) in [6.45, 7) is 7.70. The normalized spacial score (nSPS) is 11.9. The van der Waals surface area contributed by atoms with Crippen LogP contribution in [-0.2, 0) is 4.79 Å². The number of nitrogens with one attached hydrogen (secondary N) is 2. The molecule has 0 aliphatic rings. The van der Waals surface area contributed by atoms with Gasteiger partial charge in [-0.2, -0.15) is 5.26 Å². The van der Waals surface area contributed by atoms with Gasteiger partial charge in [-0.3, -0.25) is 9.59 Å². The molecule has 0 radical (unpaired) electrons. The van der Waals surface area contributed by atoms with Crippen molar-refractivity contribution >= 4 is 17.4 Å². The number of aryl methyl sites for hydroxylation is 1. The van der Waals surface area contributed by atoms with Crippen LogP contribution in [-0.4, -0.2) is 18.3 Å². The average molecular weight is 391 g/mol. The lowest BCUT2D eigenvalue weighted by molar-refractivity contribution is -0.117. The summed E-state index contributed by atoms with van der Waals surface area (Å²) in [7, 11) is 0. The Morgan fingerprint density at radius 2 is 2.00 bits per heavy atom. The maximum Gasteiger partial charge on any atom is 0.263 e. The van der Waals surface area contributed by atoms with Gasteiger partial charge in [0.1, 0.15) is 17.4 Å². The van der Waals surface area contributed by atoms with Crippen molar-refractivity contribution in [1.82, 2.24) is 5.32 Å². The number of carbonyl (C=O) groups is 2. The number of Topliss-reactive ketones (excluding diaryl/α,β-unsaturated/α-hetero) is 1. The van der Waals surface area contributed by atoms with Crippen molar-refractivity contribution in [3.05, 3.63) is 70.9 Å². The Bertz CT molecular complexity index is 974. The van der Waals surface area contributed by atoms with E-state index in [0.717, 1.165) is 11.1 Å². The molecule has 1 amide bonds. The van der Waals surface area contributed by atoms with Gasteiger partial charge in [-0.1, -0.05) is 29.8 Å². The molecule has 0 bridgehead atoms. The van der Waals surface area contributed by atoms with E-state index in [1.54, 1.807) is 24.3 Å². The summed E-state index contributed by atoms with van der Waals surface area (Å²) in [4.78, 5) is 24.1. The van der Waals surface area contributed by atoms with Crippen LogP contribution in [0, 0.1) is 18.3 Å². The Hall–Kier alpha value is -3.59. The molecule has 2 N–H and O–H groups in total. The second kappa shape index (κ2) is 10.1. The van der Waals surface area contributed by atoms with E-state index in [2.05, 4.69) is 10.6 Å². The Morgan fingerprint density at radius 3 is 2.66 bits per heavy atom. The number of nitriles is 1. The SMILES string of the molecule is CCOc1ccc(C)cc1C(C)NC(=O)/C(C#N)=C\Nc1cccc(C(C)=O)c1. The third kappa shape index (κ3) is 5.94. The molecule has 0 aromatic heterocycles. The molecule has 2 rings (SSSR count). The first-order chi connectivity index (χ1) is 13.8. The van der Waals surface area contributed by atoms with E-state index in [9.17, 15) is 14.9 Å². The van der Waals surface area contributed by atoms with Crippen LogP contribution in [0.25, 0.3) is 0 Å². The number of rotatable bonds is 8. The highest BCUT2D eigenvalue weighted by molar-refractivity contribution is 5.98. The number of carbonyl (C=O) groups excluding carboxylic acids is 2. The third-order valence-corrected chi connectivity index (χ3v) is 4.30. The largest absolute Gasteiger partial charge is 0.494 e. The molecule has 0 saturated heterocycles. The number of benzene rings is 2. The average Bonchev–Trinajstić information content (AvgIpc) is 2.70. The number of ether oxygens (including phenoxy) is 1. The lowest BCUT2D eigenvalue weighted by atomic mass is 10.0. The van der Waals surface area contributed by atoms with Crippen LogP contribution < -0.4 is 15.4 Å². The molecule has 0 aliphatic heterocycles. The quantitative estimate of drug-likeness (QED) is 0.398.